The zero-order valence-corrected chi connectivity index (χ0v) is 24.7. The van der Waals surface area contributed by atoms with E-state index < -0.39 is 0 Å². The summed E-state index contributed by atoms with van der Waals surface area (Å²) in [6.07, 6.45) is 4.11. The molecule has 3 heterocycles. The van der Waals surface area contributed by atoms with Crippen molar-refractivity contribution in [3.8, 4) is 5.75 Å². The van der Waals surface area contributed by atoms with E-state index in [0.29, 0.717) is 18.7 Å². The van der Waals surface area contributed by atoms with Crippen molar-refractivity contribution >= 4 is 23.1 Å². The van der Waals surface area contributed by atoms with Gasteiger partial charge in [-0.15, -0.1) is 0 Å². The van der Waals surface area contributed by atoms with Crippen LogP contribution in [0, 0.1) is 19.8 Å². The van der Waals surface area contributed by atoms with Crippen LogP contribution >= 0.6 is 0 Å². The number of carbonyl (C=O) groups is 1. The third-order valence-corrected chi connectivity index (χ3v) is 8.07. The molecule has 40 heavy (non-hydrogen) atoms. The van der Waals surface area contributed by atoms with Gasteiger partial charge in [0.1, 0.15) is 11.6 Å². The molecule has 1 N–H and O–H groups in total. The van der Waals surface area contributed by atoms with E-state index in [-0.39, 0.29) is 5.91 Å². The molecule has 0 atom stereocenters. The van der Waals surface area contributed by atoms with Crippen molar-refractivity contribution in [2.24, 2.45) is 13.0 Å². The number of hydrogen-bond acceptors (Lipinski definition) is 6. The molecule has 8 nitrogen and oxygen atoms in total. The van der Waals surface area contributed by atoms with Crippen LogP contribution in [0.3, 0.4) is 0 Å². The molecule has 1 fully saturated rings. The first kappa shape index (κ1) is 28.2. The zero-order chi connectivity index (χ0) is 28.2. The number of anilines is 3. The normalized spacial score (nSPS) is 15.9. The summed E-state index contributed by atoms with van der Waals surface area (Å²) in [6, 6.07) is 11.9. The van der Waals surface area contributed by atoms with Crippen molar-refractivity contribution < 1.29 is 9.53 Å². The molecule has 8 heteroatoms. The Kier molecular flexibility index (Phi) is 8.76. The molecule has 2 aliphatic heterocycles. The van der Waals surface area contributed by atoms with Crippen LogP contribution < -0.4 is 15.0 Å². The topological polar surface area (TPSA) is 65.9 Å². The summed E-state index contributed by atoms with van der Waals surface area (Å²) >= 11 is 0. The minimum atomic E-state index is -0.0363. The van der Waals surface area contributed by atoms with Crippen molar-refractivity contribution in [1.29, 1.82) is 0 Å². The zero-order valence-electron chi connectivity index (χ0n) is 24.7. The van der Waals surface area contributed by atoms with E-state index in [1.165, 1.54) is 26.1 Å². The van der Waals surface area contributed by atoms with Crippen LogP contribution in [-0.2, 0) is 13.6 Å². The highest BCUT2D eigenvalue weighted by molar-refractivity contribution is 6.08. The first-order chi connectivity index (χ1) is 19.3. The molecule has 0 radical (unpaired) electrons. The number of piperazine rings is 1. The van der Waals surface area contributed by atoms with Gasteiger partial charge in [-0.3, -0.25) is 9.48 Å². The van der Waals surface area contributed by atoms with Crippen molar-refractivity contribution in [2.75, 3.05) is 56.1 Å². The Bertz CT molecular complexity index is 1320. The van der Waals surface area contributed by atoms with E-state index in [0.717, 1.165) is 71.6 Å². The van der Waals surface area contributed by atoms with Crippen LogP contribution in [0.2, 0.25) is 0 Å². The van der Waals surface area contributed by atoms with E-state index >= 15 is 0 Å². The van der Waals surface area contributed by atoms with Crippen molar-refractivity contribution in [3.63, 3.8) is 0 Å². The molecule has 2 aliphatic rings. The first-order valence-electron chi connectivity index (χ1n) is 14.7. The van der Waals surface area contributed by atoms with Crippen LogP contribution in [0.25, 0.3) is 0 Å². The second-order valence-corrected chi connectivity index (χ2v) is 11.7. The highest BCUT2D eigenvalue weighted by Crippen LogP contribution is 2.37. The predicted molar refractivity (Wildman–Crippen MR) is 162 cm³/mol. The molecule has 1 amide bonds. The van der Waals surface area contributed by atoms with Gasteiger partial charge in [0.15, 0.2) is 0 Å². The Labute approximate surface area is 238 Å². The maximum absolute atomic E-state index is 13.8. The maximum Gasteiger partial charge on any atom is 0.258 e. The number of nitrogens with zero attached hydrogens (tertiary/aromatic N) is 5. The Morgan fingerprint density at radius 1 is 1.02 bits per heavy atom. The van der Waals surface area contributed by atoms with Gasteiger partial charge in [-0.1, -0.05) is 19.9 Å². The Balaban J connectivity index is 1.18. The van der Waals surface area contributed by atoms with Crippen molar-refractivity contribution in [1.82, 2.24) is 19.6 Å². The molecule has 0 unspecified atom stereocenters. The van der Waals surface area contributed by atoms with E-state index in [1.807, 2.05) is 60.1 Å². The molecular formula is C32H44N6O2. The lowest BCUT2D eigenvalue weighted by molar-refractivity contribution is 0.0985. The Hall–Kier alpha value is -3.36. The van der Waals surface area contributed by atoms with Crippen LogP contribution in [0.15, 0.2) is 42.6 Å². The van der Waals surface area contributed by atoms with Gasteiger partial charge < -0.3 is 24.8 Å². The Morgan fingerprint density at radius 3 is 2.50 bits per heavy atom. The van der Waals surface area contributed by atoms with E-state index in [4.69, 9.17) is 4.74 Å². The summed E-state index contributed by atoms with van der Waals surface area (Å²) < 4.78 is 7.97. The van der Waals surface area contributed by atoms with Crippen LogP contribution in [0.4, 0.5) is 17.2 Å². The highest BCUT2D eigenvalue weighted by Gasteiger charge is 2.27. The van der Waals surface area contributed by atoms with E-state index in [1.54, 1.807) is 0 Å². The second-order valence-electron chi connectivity index (χ2n) is 11.7. The molecule has 214 valence electrons. The highest BCUT2D eigenvalue weighted by atomic mass is 16.5. The average molecular weight is 545 g/mol. The van der Waals surface area contributed by atoms with Gasteiger partial charge in [-0.25, -0.2) is 0 Å². The molecule has 0 spiro atoms. The maximum atomic E-state index is 13.8. The molecule has 1 aromatic heterocycles. The average Bonchev–Trinajstić information content (AvgIpc) is 3.18. The number of nitrogens with one attached hydrogen (secondary N) is 1. The summed E-state index contributed by atoms with van der Waals surface area (Å²) in [5.41, 5.74) is 5.52. The number of fused-ring (bicyclic) bond motifs is 2. The molecule has 0 aliphatic carbocycles. The van der Waals surface area contributed by atoms with Gasteiger partial charge >= 0.3 is 0 Å². The number of aromatic nitrogens is 2. The number of rotatable bonds is 9. The van der Waals surface area contributed by atoms with Gasteiger partial charge in [0.25, 0.3) is 5.91 Å². The van der Waals surface area contributed by atoms with Crippen LogP contribution in [-0.4, -0.2) is 71.4 Å². The first-order valence-corrected chi connectivity index (χ1v) is 14.7. The van der Waals surface area contributed by atoms with Crippen molar-refractivity contribution in [3.05, 3.63) is 64.8 Å². The molecule has 0 bridgehead atoms. The minimum Gasteiger partial charge on any atom is -0.493 e. The molecule has 1 saturated heterocycles. The SMILES string of the molecule is Cc1ccc2c(c1)Nc1c(cnn1C)CN2C(=O)c1ccc(OCCCN2CCN(CCC(C)C)CC2)c(C)c1. The summed E-state index contributed by atoms with van der Waals surface area (Å²) in [7, 11) is 1.91. The fraction of sp³-hybridized carbons (Fsp3) is 0.500. The standard InChI is InChI=1S/C32H44N6O2/c1-23(2)11-13-37-16-14-36(15-17-37)12-6-18-40-30-10-8-26(20-25(30)4)32(39)38-22-27-21-33-35(5)31(27)34-28-19-24(3)7-9-29(28)38/h7-10,19-21,23,34H,6,11-18,22H2,1-5H3. The van der Waals surface area contributed by atoms with Crippen molar-refractivity contribution in [2.45, 2.75) is 47.1 Å². The third-order valence-electron chi connectivity index (χ3n) is 8.07. The van der Waals surface area contributed by atoms with Crippen LogP contribution in [0.1, 0.15) is 53.7 Å². The minimum absolute atomic E-state index is 0.0363. The van der Waals surface area contributed by atoms with Gasteiger partial charge in [-0.05, 0) is 80.6 Å². The smallest absolute Gasteiger partial charge is 0.258 e. The summed E-state index contributed by atoms with van der Waals surface area (Å²) in [6.45, 7) is 16.7. The van der Waals surface area contributed by atoms with E-state index in [9.17, 15) is 4.79 Å². The van der Waals surface area contributed by atoms with Gasteiger partial charge in [0.05, 0.1) is 30.7 Å². The lowest BCUT2D eigenvalue weighted by atomic mass is 10.1. The molecule has 2 aromatic carbocycles. The fourth-order valence-electron chi connectivity index (χ4n) is 5.56. The number of carbonyl (C=O) groups excluding carboxylic acids is 1. The number of hydrogen-bond donors (Lipinski definition) is 1. The number of benzene rings is 2. The quantitative estimate of drug-likeness (QED) is 0.365. The lowest BCUT2D eigenvalue weighted by Crippen LogP contribution is -2.47. The lowest BCUT2D eigenvalue weighted by Gasteiger charge is -2.35. The molecule has 0 saturated carbocycles. The van der Waals surface area contributed by atoms with Gasteiger partial charge in [0, 0.05) is 50.9 Å². The van der Waals surface area contributed by atoms with E-state index in [2.05, 4.69) is 47.1 Å². The number of amides is 1. The van der Waals surface area contributed by atoms with Crippen LogP contribution in [0.5, 0.6) is 5.75 Å². The second kappa shape index (κ2) is 12.4. The van der Waals surface area contributed by atoms with Gasteiger partial charge in [-0.2, -0.15) is 5.10 Å². The summed E-state index contributed by atoms with van der Waals surface area (Å²) in [5, 5.41) is 7.90. The number of ether oxygens (including phenoxy) is 1. The summed E-state index contributed by atoms with van der Waals surface area (Å²) in [5.74, 6) is 2.49. The third kappa shape index (κ3) is 6.50. The largest absolute Gasteiger partial charge is 0.493 e. The van der Waals surface area contributed by atoms with Gasteiger partial charge in [0.2, 0.25) is 0 Å². The monoisotopic (exact) mass is 544 g/mol. The summed E-state index contributed by atoms with van der Waals surface area (Å²) in [4.78, 5) is 20.8. The fourth-order valence-corrected chi connectivity index (χ4v) is 5.56. The molecule has 3 aromatic rings. The predicted octanol–water partition coefficient (Wildman–Crippen LogP) is 5.37. The molecular weight excluding hydrogens is 500 g/mol. The Morgan fingerprint density at radius 2 is 1.77 bits per heavy atom. The molecule has 5 rings (SSSR count). The number of aryl methyl sites for hydroxylation is 3.